The highest BCUT2D eigenvalue weighted by Crippen LogP contribution is 2.39. The fraction of sp³-hybridized carbons (Fsp3) is 0.125. The Kier molecular flexibility index (Phi) is 7.28. The second-order valence-electron chi connectivity index (χ2n) is 14.3. The Labute approximate surface area is 300 Å². The molecule has 246 valence electrons. The normalized spacial score (nSPS) is 14.2. The maximum absolute atomic E-state index is 2.67. The van der Waals surface area contributed by atoms with Gasteiger partial charge in [-0.15, -0.1) is 0 Å². The van der Waals surface area contributed by atoms with Crippen molar-refractivity contribution < 1.29 is 0 Å². The highest BCUT2D eigenvalue weighted by atomic mass is 28.3. The predicted octanol–water partition coefficient (Wildman–Crippen LogP) is 9.77. The number of para-hydroxylation sites is 2. The lowest BCUT2D eigenvalue weighted by molar-refractivity contribution is 0.367. The van der Waals surface area contributed by atoms with Gasteiger partial charge in [-0.3, -0.25) is 0 Å². The molecule has 9 aromatic rings. The summed E-state index contributed by atoms with van der Waals surface area (Å²) in [5, 5.41) is 10.9. The first-order chi connectivity index (χ1) is 25.3. The smallest absolute Gasteiger partial charge is 0.179 e. The number of aromatic nitrogens is 2. The minimum Gasteiger partial charge on any atom is -0.337 e. The van der Waals surface area contributed by atoms with Crippen LogP contribution in [0.5, 0.6) is 0 Å². The molecule has 0 N–H and O–H groups in total. The Morgan fingerprint density at radius 1 is 0.373 bits per heavy atom. The fourth-order valence-corrected chi connectivity index (χ4v) is 14.2. The van der Waals surface area contributed by atoms with Crippen molar-refractivity contribution in [3.63, 3.8) is 0 Å². The zero-order valence-electron chi connectivity index (χ0n) is 28.8. The molecular weight excluding hydrogens is 633 g/mol. The van der Waals surface area contributed by atoms with Crippen molar-refractivity contribution in [3.8, 4) is 5.69 Å². The second-order valence-corrected chi connectivity index (χ2v) is 18.1. The lowest BCUT2D eigenvalue weighted by Gasteiger charge is -2.34. The third kappa shape index (κ3) is 4.68. The Morgan fingerprint density at radius 2 is 0.843 bits per heavy atom. The molecule has 2 aromatic heterocycles. The quantitative estimate of drug-likeness (QED) is 0.123. The van der Waals surface area contributed by atoms with Crippen molar-refractivity contribution in [1.29, 1.82) is 0 Å². The van der Waals surface area contributed by atoms with Gasteiger partial charge in [0.1, 0.15) is 0 Å². The molecule has 10 rings (SSSR count). The molecule has 0 atom stereocenters. The number of rotatable bonds is 6. The first-order valence-electron chi connectivity index (χ1n) is 18.6. The van der Waals surface area contributed by atoms with Crippen molar-refractivity contribution in [2.75, 3.05) is 0 Å². The number of fused-ring (bicyclic) bond motifs is 6. The van der Waals surface area contributed by atoms with Crippen LogP contribution in [0.15, 0.2) is 176 Å². The average Bonchev–Trinajstić information content (AvgIpc) is 3.72. The largest absolute Gasteiger partial charge is 0.337 e. The van der Waals surface area contributed by atoms with E-state index in [4.69, 9.17) is 0 Å². The maximum atomic E-state index is 2.66. The number of hydrogen-bond acceptors (Lipinski definition) is 0. The van der Waals surface area contributed by atoms with E-state index in [2.05, 4.69) is 185 Å². The van der Waals surface area contributed by atoms with E-state index < -0.39 is 8.07 Å². The minimum absolute atomic E-state index is 0.571. The molecule has 0 spiro atoms. The third-order valence-corrected chi connectivity index (χ3v) is 16.4. The molecule has 0 saturated heterocycles. The number of hydrogen-bond donors (Lipinski definition) is 0. The minimum atomic E-state index is -2.67. The monoisotopic (exact) mass is 672 g/mol. The second kappa shape index (κ2) is 12.3. The molecule has 2 nitrogen and oxygen atoms in total. The SMILES string of the molecule is c1ccc([Si](c2ccccc2)(c2ccccc2)c2ccc3c(c2)c2ccccc2n3-c2ccc3c(c2)c2ccccc2n3C2CCCCC2)cc1. The predicted molar refractivity (Wildman–Crippen MR) is 220 cm³/mol. The molecule has 1 fully saturated rings. The Morgan fingerprint density at radius 3 is 1.47 bits per heavy atom. The van der Waals surface area contributed by atoms with Gasteiger partial charge < -0.3 is 9.13 Å². The van der Waals surface area contributed by atoms with Gasteiger partial charge in [0.25, 0.3) is 0 Å². The van der Waals surface area contributed by atoms with Crippen LogP contribution in [0.25, 0.3) is 49.3 Å². The first-order valence-corrected chi connectivity index (χ1v) is 20.6. The van der Waals surface area contributed by atoms with E-state index in [1.165, 1.54) is 102 Å². The van der Waals surface area contributed by atoms with Gasteiger partial charge in [0.2, 0.25) is 0 Å². The topological polar surface area (TPSA) is 9.86 Å². The van der Waals surface area contributed by atoms with Crippen molar-refractivity contribution in [2.45, 2.75) is 38.1 Å². The van der Waals surface area contributed by atoms with Gasteiger partial charge in [0.15, 0.2) is 8.07 Å². The molecule has 51 heavy (non-hydrogen) atoms. The summed E-state index contributed by atoms with van der Waals surface area (Å²) in [7, 11) is -2.67. The molecule has 0 radical (unpaired) electrons. The van der Waals surface area contributed by atoms with Crippen molar-refractivity contribution >= 4 is 72.4 Å². The third-order valence-electron chi connectivity index (χ3n) is 11.6. The number of benzene rings is 7. The van der Waals surface area contributed by atoms with Crippen LogP contribution in [0.2, 0.25) is 0 Å². The van der Waals surface area contributed by atoms with E-state index in [-0.39, 0.29) is 0 Å². The molecule has 7 aromatic carbocycles. The van der Waals surface area contributed by atoms with Crippen LogP contribution in [-0.2, 0) is 0 Å². The van der Waals surface area contributed by atoms with Crippen LogP contribution in [0.1, 0.15) is 38.1 Å². The van der Waals surface area contributed by atoms with Crippen molar-refractivity contribution in [3.05, 3.63) is 176 Å². The standard InChI is InChI=1S/C48H40N2Si/c1-5-17-35(18-6-1)49-45-27-15-13-25-41(45)43-33-36(29-31-47(43)49)50-46-28-16-14-26-42(46)44-34-40(30-32-48(44)50)51(37-19-7-2-8-20-37,38-21-9-3-10-22-38)39-23-11-4-12-24-39/h2-4,7-16,19-35H,1,5-6,17-18H2. The summed E-state index contributed by atoms with van der Waals surface area (Å²) < 4.78 is 5.16. The average molecular weight is 673 g/mol. The summed E-state index contributed by atoms with van der Waals surface area (Å²) in [6, 6.07) is 66.9. The van der Waals surface area contributed by atoms with E-state index in [1.807, 2.05) is 0 Å². The Hall–Kier alpha value is -5.64. The van der Waals surface area contributed by atoms with Gasteiger partial charge >= 0.3 is 0 Å². The van der Waals surface area contributed by atoms with Crippen LogP contribution in [-0.4, -0.2) is 17.2 Å². The van der Waals surface area contributed by atoms with Crippen molar-refractivity contribution in [1.82, 2.24) is 9.13 Å². The lowest BCUT2D eigenvalue weighted by atomic mass is 9.95. The van der Waals surface area contributed by atoms with E-state index in [9.17, 15) is 0 Å². The zero-order valence-corrected chi connectivity index (χ0v) is 29.8. The Bertz CT molecular complexity index is 2570. The molecule has 1 aliphatic rings. The summed E-state index contributed by atoms with van der Waals surface area (Å²) in [4.78, 5) is 0. The number of nitrogens with zero attached hydrogens (tertiary/aromatic N) is 2. The molecular formula is C48H40N2Si. The van der Waals surface area contributed by atoms with Crippen LogP contribution in [0.4, 0.5) is 0 Å². The maximum Gasteiger partial charge on any atom is 0.179 e. The van der Waals surface area contributed by atoms with Gasteiger partial charge in [-0.1, -0.05) is 159 Å². The van der Waals surface area contributed by atoms with E-state index >= 15 is 0 Å². The van der Waals surface area contributed by atoms with E-state index in [0.717, 1.165) is 0 Å². The first kappa shape index (κ1) is 30.2. The van der Waals surface area contributed by atoms with Crippen LogP contribution in [0.3, 0.4) is 0 Å². The lowest BCUT2D eigenvalue weighted by Crippen LogP contribution is -2.74. The molecule has 0 unspecified atom stereocenters. The highest BCUT2D eigenvalue weighted by molar-refractivity contribution is 7.20. The molecule has 3 heteroatoms. The summed E-state index contributed by atoms with van der Waals surface area (Å²) in [6.45, 7) is 0. The Balaban J connectivity index is 1.23. The van der Waals surface area contributed by atoms with Gasteiger partial charge in [-0.2, -0.15) is 0 Å². The molecule has 2 heterocycles. The van der Waals surface area contributed by atoms with Gasteiger partial charge in [-0.25, -0.2) is 0 Å². The van der Waals surface area contributed by atoms with E-state index in [0.29, 0.717) is 6.04 Å². The van der Waals surface area contributed by atoms with Crippen molar-refractivity contribution in [2.24, 2.45) is 0 Å². The summed E-state index contributed by atoms with van der Waals surface area (Å²) >= 11 is 0. The van der Waals surface area contributed by atoms with Crippen LogP contribution >= 0.6 is 0 Å². The molecule has 1 aliphatic carbocycles. The van der Waals surface area contributed by atoms with E-state index in [1.54, 1.807) is 0 Å². The molecule has 0 bridgehead atoms. The van der Waals surface area contributed by atoms with Gasteiger partial charge in [0.05, 0.1) is 11.0 Å². The van der Waals surface area contributed by atoms with Gasteiger partial charge in [0, 0.05) is 44.3 Å². The molecule has 0 aliphatic heterocycles. The highest BCUT2D eigenvalue weighted by Gasteiger charge is 2.41. The van der Waals surface area contributed by atoms with Crippen LogP contribution in [0, 0.1) is 0 Å². The fourth-order valence-electron chi connectivity index (χ4n) is 9.41. The summed E-state index contributed by atoms with van der Waals surface area (Å²) in [6.07, 6.45) is 6.54. The summed E-state index contributed by atoms with van der Waals surface area (Å²) in [5.74, 6) is 0. The zero-order chi connectivity index (χ0) is 33.8. The molecule has 1 saturated carbocycles. The van der Waals surface area contributed by atoms with Gasteiger partial charge in [-0.05, 0) is 70.0 Å². The van der Waals surface area contributed by atoms with Crippen LogP contribution < -0.4 is 20.7 Å². The molecule has 0 amide bonds. The summed E-state index contributed by atoms with van der Waals surface area (Å²) in [5.41, 5.74) is 6.43.